The second kappa shape index (κ2) is 8.52. The van der Waals surface area contributed by atoms with Crippen molar-refractivity contribution in [1.29, 1.82) is 0 Å². The lowest BCUT2D eigenvalue weighted by Crippen LogP contribution is -2.33. The maximum absolute atomic E-state index is 11.4. The van der Waals surface area contributed by atoms with Crippen molar-refractivity contribution < 1.29 is 19.0 Å². The van der Waals surface area contributed by atoms with Gasteiger partial charge in [0, 0.05) is 13.2 Å². The molecule has 0 saturated carbocycles. The Hall–Kier alpha value is -1.75. The zero-order chi connectivity index (χ0) is 15.7. The number of carbonyl (C=O) groups is 1. The smallest absolute Gasteiger partial charge is 0.407 e. The molecule has 0 atom stereocenters. The van der Waals surface area contributed by atoms with E-state index in [-0.39, 0.29) is 0 Å². The van der Waals surface area contributed by atoms with Crippen LogP contribution in [0.1, 0.15) is 32.8 Å². The maximum Gasteiger partial charge on any atom is 0.407 e. The van der Waals surface area contributed by atoms with Gasteiger partial charge in [0.15, 0.2) is 0 Å². The molecule has 0 aliphatic carbocycles. The van der Waals surface area contributed by atoms with E-state index in [0.717, 1.165) is 17.7 Å². The third-order valence-electron chi connectivity index (χ3n) is 2.54. The van der Waals surface area contributed by atoms with E-state index in [9.17, 15) is 4.79 Å². The molecule has 1 aromatic carbocycles. The predicted octanol–water partition coefficient (Wildman–Crippen LogP) is 3.13. The lowest BCUT2D eigenvalue weighted by atomic mass is 10.2. The van der Waals surface area contributed by atoms with E-state index in [1.807, 2.05) is 45.0 Å². The van der Waals surface area contributed by atoms with Crippen LogP contribution in [0.3, 0.4) is 0 Å². The molecule has 0 aliphatic heterocycles. The van der Waals surface area contributed by atoms with Crippen molar-refractivity contribution in [3.63, 3.8) is 0 Å². The highest BCUT2D eigenvalue weighted by atomic mass is 16.6. The van der Waals surface area contributed by atoms with Gasteiger partial charge in [-0.15, -0.1) is 0 Å². The Kier molecular flexibility index (Phi) is 7.02. The molecular formula is C16H25NO4. The summed E-state index contributed by atoms with van der Waals surface area (Å²) in [6.07, 6.45) is 0.346. The summed E-state index contributed by atoms with van der Waals surface area (Å²) in [6.45, 7) is 7.15. The van der Waals surface area contributed by atoms with Gasteiger partial charge in [-0.05, 0) is 44.9 Å². The van der Waals surface area contributed by atoms with Crippen LogP contribution in [0, 0.1) is 0 Å². The molecule has 0 aromatic heterocycles. The molecule has 0 spiro atoms. The number of hydrogen-bond acceptors (Lipinski definition) is 4. The van der Waals surface area contributed by atoms with Crippen molar-refractivity contribution in [2.24, 2.45) is 0 Å². The highest BCUT2D eigenvalue weighted by molar-refractivity contribution is 5.67. The zero-order valence-corrected chi connectivity index (χ0v) is 13.3. The summed E-state index contributed by atoms with van der Waals surface area (Å²) in [5.41, 5.74) is 0.599. The molecule has 0 saturated heterocycles. The minimum atomic E-state index is -0.465. The number of nitrogens with one attached hydrogen (secondary N) is 1. The fourth-order valence-electron chi connectivity index (χ4n) is 1.63. The first-order chi connectivity index (χ1) is 9.90. The van der Waals surface area contributed by atoms with Crippen molar-refractivity contribution in [2.75, 3.05) is 20.3 Å². The summed E-state index contributed by atoms with van der Waals surface area (Å²) in [7, 11) is 1.64. The van der Waals surface area contributed by atoms with E-state index < -0.39 is 11.7 Å². The summed E-state index contributed by atoms with van der Waals surface area (Å²) < 4.78 is 15.8. The minimum Gasteiger partial charge on any atom is -0.497 e. The first-order valence-electron chi connectivity index (χ1n) is 7.08. The number of methoxy groups -OCH3 is 1. The molecule has 0 aliphatic rings. The monoisotopic (exact) mass is 295 g/mol. The topological polar surface area (TPSA) is 56.8 Å². The molecular weight excluding hydrogens is 270 g/mol. The van der Waals surface area contributed by atoms with Crippen molar-refractivity contribution in [3.05, 3.63) is 29.8 Å². The van der Waals surface area contributed by atoms with Gasteiger partial charge in [-0.25, -0.2) is 4.79 Å². The standard InChI is InChI=1S/C16H25NO4/c1-16(2,3)21-15(18)17-9-6-10-20-12-13-7-5-8-14(11-13)19-4/h5,7-8,11H,6,9-10,12H2,1-4H3,(H,17,18). The fourth-order valence-corrected chi connectivity index (χ4v) is 1.63. The van der Waals surface area contributed by atoms with Crippen molar-refractivity contribution in [3.8, 4) is 5.75 Å². The van der Waals surface area contributed by atoms with Crippen molar-refractivity contribution >= 4 is 6.09 Å². The zero-order valence-electron chi connectivity index (χ0n) is 13.3. The summed E-state index contributed by atoms with van der Waals surface area (Å²) in [5, 5.41) is 2.69. The maximum atomic E-state index is 11.4. The summed E-state index contributed by atoms with van der Waals surface area (Å²) in [4.78, 5) is 11.4. The number of ether oxygens (including phenoxy) is 3. The van der Waals surface area contributed by atoms with E-state index in [2.05, 4.69) is 5.32 Å². The third-order valence-corrected chi connectivity index (χ3v) is 2.54. The number of hydrogen-bond donors (Lipinski definition) is 1. The Morgan fingerprint density at radius 3 is 2.71 bits per heavy atom. The molecule has 0 fully saturated rings. The highest BCUT2D eigenvalue weighted by Crippen LogP contribution is 2.13. The molecule has 0 heterocycles. The Labute approximate surface area is 126 Å². The SMILES string of the molecule is COc1cccc(COCCCNC(=O)OC(C)(C)C)c1. The van der Waals surface area contributed by atoms with Crippen LogP contribution in [0.2, 0.25) is 0 Å². The van der Waals surface area contributed by atoms with Gasteiger partial charge in [0.25, 0.3) is 0 Å². The van der Waals surface area contributed by atoms with Crippen molar-refractivity contribution in [2.45, 2.75) is 39.4 Å². The fraction of sp³-hybridized carbons (Fsp3) is 0.562. The van der Waals surface area contributed by atoms with Crippen LogP contribution in [-0.2, 0) is 16.1 Å². The lowest BCUT2D eigenvalue weighted by Gasteiger charge is -2.19. The first kappa shape index (κ1) is 17.3. The quantitative estimate of drug-likeness (QED) is 0.785. The summed E-state index contributed by atoms with van der Waals surface area (Å²) in [5.74, 6) is 0.822. The van der Waals surface area contributed by atoms with E-state index in [0.29, 0.717) is 19.8 Å². The Bertz CT molecular complexity index is 440. The third kappa shape index (κ3) is 8.19. The molecule has 1 aromatic rings. The van der Waals surface area contributed by atoms with Crippen molar-refractivity contribution in [1.82, 2.24) is 5.32 Å². The molecule has 1 amide bonds. The molecule has 21 heavy (non-hydrogen) atoms. The van der Waals surface area contributed by atoms with E-state index >= 15 is 0 Å². The second-order valence-corrected chi connectivity index (χ2v) is 5.69. The number of carbonyl (C=O) groups excluding carboxylic acids is 1. The molecule has 1 N–H and O–H groups in total. The van der Waals surface area contributed by atoms with Gasteiger partial charge >= 0.3 is 6.09 Å². The molecule has 5 heteroatoms. The molecule has 118 valence electrons. The number of alkyl carbamates (subject to hydrolysis) is 1. The largest absolute Gasteiger partial charge is 0.497 e. The molecule has 0 unspecified atom stereocenters. The predicted molar refractivity (Wildman–Crippen MR) is 81.5 cm³/mol. The first-order valence-corrected chi connectivity index (χ1v) is 7.08. The van der Waals surface area contributed by atoms with Gasteiger partial charge in [0.1, 0.15) is 11.4 Å². The van der Waals surface area contributed by atoms with Gasteiger partial charge in [0.2, 0.25) is 0 Å². The number of amides is 1. The molecule has 1 rings (SSSR count). The van der Waals surface area contributed by atoms with E-state index in [1.165, 1.54) is 0 Å². The molecule has 0 bridgehead atoms. The van der Waals surface area contributed by atoms with Crippen LogP contribution < -0.4 is 10.1 Å². The van der Waals surface area contributed by atoms with E-state index in [4.69, 9.17) is 14.2 Å². The van der Waals surface area contributed by atoms with Gasteiger partial charge in [-0.2, -0.15) is 0 Å². The molecule has 0 radical (unpaired) electrons. The second-order valence-electron chi connectivity index (χ2n) is 5.69. The lowest BCUT2D eigenvalue weighted by molar-refractivity contribution is 0.0518. The summed E-state index contributed by atoms with van der Waals surface area (Å²) in [6, 6.07) is 7.76. The summed E-state index contributed by atoms with van der Waals surface area (Å²) >= 11 is 0. The van der Waals surface area contributed by atoms with E-state index in [1.54, 1.807) is 7.11 Å². The Morgan fingerprint density at radius 1 is 1.29 bits per heavy atom. The minimum absolute atomic E-state index is 0.393. The van der Waals surface area contributed by atoms with Gasteiger partial charge in [-0.3, -0.25) is 0 Å². The van der Waals surface area contributed by atoms with Crippen LogP contribution in [-0.4, -0.2) is 32.0 Å². The number of rotatable bonds is 7. The average Bonchev–Trinajstić information content (AvgIpc) is 2.41. The van der Waals surface area contributed by atoms with Gasteiger partial charge in [0.05, 0.1) is 13.7 Å². The Morgan fingerprint density at radius 2 is 2.05 bits per heavy atom. The van der Waals surface area contributed by atoms with Crippen LogP contribution in [0.25, 0.3) is 0 Å². The van der Waals surface area contributed by atoms with Crippen LogP contribution >= 0.6 is 0 Å². The highest BCUT2D eigenvalue weighted by Gasteiger charge is 2.15. The average molecular weight is 295 g/mol. The van der Waals surface area contributed by atoms with Crippen LogP contribution in [0.15, 0.2) is 24.3 Å². The van der Waals surface area contributed by atoms with Crippen LogP contribution in [0.5, 0.6) is 5.75 Å². The van der Waals surface area contributed by atoms with Gasteiger partial charge < -0.3 is 19.5 Å². The molecule has 5 nitrogen and oxygen atoms in total. The van der Waals surface area contributed by atoms with Crippen LogP contribution in [0.4, 0.5) is 4.79 Å². The van der Waals surface area contributed by atoms with Gasteiger partial charge in [-0.1, -0.05) is 12.1 Å². The normalized spacial score (nSPS) is 11.0. The Balaban J connectivity index is 2.10. The number of benzene rings is 1.